The highest BCUT2D eigenvalue weighted by Crippen LogP contribution is 2.21. The van der Waals surface area contributed by atoms with Crippen LogP contribution < -0.4 is 10.3 Å². The van der Waals surface area contributed by atoms with E-state index in [1.54, 1.807) is 12.3 Å². The molecule has 7 heteroatoms. The molecule has 0 bridgehead atoms. The number of halogens is 2. The number of rotatable bonds is 7. The molecule has 0 amide bonds. The minimum atomic E-state index is -0.203. The first-order valence-electron chi connectivity index (χ1n) is 10.3. The topological polar surface area (TPSA) is 56.5 Å². The highest BCUT2D eigenvalue weighted by molar-refractivity contribution is 9.10. The predicted molar refractivity (Wildman–Crippen MR) is 133 cm³/mol. The molecule has 162 valence electrons. The van der Waals surface area contributed by atoms with Crippen LogP contribution in [0.1, 0.15) is 30.3 Å². The van der Waals surface area contributed by atoms with Gasteiger partial charge in [-0.15, -0.1) is 0 Å². The summed E-state index contributed by atoms with van der Waals surface area (Å²) in [6, 6.07) is 20.6. The monoisotopic (exact) mass is 509 g/mol. The van der Waals surface area contributed by atoms with E-state index < -0.39 is 0 Å². The number of fused-ring (bicyclic) bond motifs is 1. The Labute approximate surface area is 199 Å². The summed E-state index contributed by atoms with van der Waals surface area (Å²) in [4.78, 5) is 17.8. The fourth-order valence-corrected chi connectivity index (χ4v) is 3.86. The van der Waals surface area contributed by atoms with Crippen molar-refractivity contribution >= 4 is 44.6 Å². The van der Waals surface area contributed by atoms with Crippen LogP contribution in [0.15, 0.2) is 81.1 Å². The molecule has 5 nitrogen and oxygen atoms in total. The van der Waals surface area contributed by atoms with Crippen molar-refractivity contribution in [2.24, 2.45) is 5.10 Å². The Morgan fingerprint density at radius 3 is 2.72 bits per heavy atom. The van der Waals surface area contributed by atoms with Crippen molar-refractivity contribution in [3.63, 3.8) is 0 Å². The van der Waals surface area contributed by atoms with Crippen molar-refractivity contribution in [3.05, 3.63) is 104 Å². The molecule has 0 aliphatic carbocycles. The zero-order chi connectivity index (χ0) is 22.5. The van der Waals surface area contributed by atoms with E-state index in [4.69, 9.17) is 16.3 Å². The summed E-state index contributed by atoms with van der Waals surface area (Å²) in [5, 5.41) is 5.67. The Bertz CT molecular complexity index is 1350. The summed E-state index contributed by atoms with van der Waals surface area (Å²) in [5.74, 6) is 1.27. The third kappa shape index (κ3) is 4.92. The van der Waals surface area contributed by atoms with Gasteiger partial charge in [-0.25, -0.2) is 4.98 Å². The van der Waals surface area contributed by atoms with E-state index in [1.807, 2.05) is 67.6 Å². The average Bonchev–Trinajstić information content (AvgIpc) is 2.80. The maximum atomic E-state index is 13.2. The summed E-state index contributed by atoms with van der Waals surface area (Å²) in [5.41, 5.74) is 2.11. The number of aromatic nitrogens is 2. The molecule has 0 aliphatic heterocycles. The second-order valence-electron chi connectivity index (χ2n) is 7.22. The van der Waals surface area contributed by atoms with Gasteiger partial charge in [-0.3, -0.25) is 4.79 Å². The molecule has 0 atom stereocenters. The Morgan fingerprint density at radius 2 is 1.91 bits per heavy atom. The normalized spacial score (nSPS) is 11.3. The highest BCUT2D eigenvalue weighted by atomic mass is 79.9. The van der Waals surface area contributed by atoms with Gasteiger partial charge < -0.3 is 4.74 Å². The molecule has 32 heavy (non-hydrogen) atoms. The zero-order valence-electron chi connectivity index (χ0n) is 17.5. The van der Waals surface area contributed by atoms with E-state index in [2.05, 4.69) is 26.0 Å². The molecule has 0 fully saturated rings. The molecule has 0 spiro atoms. The van der Waals surface area contributed by atoms with E-state index in [1.165, 1.54) is 4.68 Å². The van der Waals surface area contributed by atoms with E-state index in [0.717, 1.165) is 22.0 Å². The highest BCUT2D eigenvalue weighted by Gasteiger charge is 2.11. The number of aryl methyl sites for hydroxylation is 1. The van der Waals surface area contributed by atoms with Gasteiger partial charge in [0, 0.05) is 27.0 Å². The molecule has 0 aliphatic rings. The summed E-state index contributed by atoms with van der Waals surface area (Å²) in [6.07, 6.45) is 3.12. The first-order chi connectivity index (χ1) is 15.6. The molecule has 0 saturated heterocycles. The van der Waals surface area contributed by atoms with Crippen LogP contribution in [0.5, 0.6) is 5.75 Å². The largest absolute Gasteiger partial charge is 0.488 e. The van der Waals surface area contributed by atoms with Crippen molar-refractivity contribution in [1.29, 1.82) is 0 Å². The molecule has 0 unspecified atom stereocenters. The molecule has 1 aromatic heterocycles. The first kappa shape index (κ1) is 22.2. The summed E-state index contributed by atoms with van der Waals surface area (Å²) in [6.45, 7) is 2.38. The number of para-hydroxylation sites is 1. The summed E-state index contributed by atoms with van der Waals surface area (Å²) < 4.78 is 8.20. The van der Waals surface area contributed by atoms with Gasteiger partial charge in [0.25, 0.3) is 5.56 Å². The van der Waals surface area contributed by atoms with Crippen molar-refractivity contribution < 1.29 is 4.74 Å². The number of hydrogen-bond acceptors (Lipinski definition) is 4. The fourth-order valence-electron chi connectivity index (χ4n) is 3.31. The van der Waals surface area contributed by atoms with E-state index >= 15 is 0 Å². The van der Waals surface area contributed by atoms with Gasteiger partial charge in [0.05, 0.1) is 17.1 Å². The molecule has 3 aromatic carbocycles. The summed E-state index contributed by atoms with van der Waals surface area (Å²) in [7, 11) is 0. The zero-order valence-corrected chi connectivity index (χ0v) is 19.8. The minimum absolute atomic E-state index is 0.203. The van der Waals surface area contributed by atoms with Crippen LogP contribution in [0, 0.1) is 0 Å². The lowest BCUT2D eigenvalue weighted by molar-refractivity contribution is 0.306. The van der Waals surface area contributed by atoms with Gasteiger partial charge in [-0.2, -0.15) is 9.78 Å². The average molecular weight is 511 g/mol. The lowest BCUT2D eigenvalue weighted by Gasteiger charge is -2.11. The fraction of sp³-hybridized carbons (Fsp3) is 0.160. The standard InChI is InChI=1S/C25H21BrClN3O2/c1-2-7-24-29-22-13-12-19(26)14-20(22)25(31)30(24)28-15-17-8-4-6-11-23(17)32-16-18-9-3-5-10-21(18)27/h3-6,8-15H,2,7,16H2,1H3. The Balaban J connectivity index is 1.69. The number of hydrogen-bond donors (Lipinski definition) is 0. The lowest BCUT2D eigenvalue weighted by atomic mass is 10.2. The van der Waals surface area contributed by atoms with Gasteiger partial charge in [-0.1, -0.05) is 64.8 Å². The van der Waals surface area contributed by atoms with E-state index in [9.17, 15) is 4.79 Å². The molecular formula is C25H21BrClN3O2. The number of ether oxygens (including phenoxy) is 1. The SMILES string of the molecule is CCCc1nc2ccc(Br)cc2c(=O)n1N=Cc1ccccc1OCc1ccccc1Cl. The van der Waals surface area contributed by atoms with E-state index in [0.29, 0.717) is 40.5 Å². The van der Waals surface area contributed by atoms with Crippen molar-refractivity contribution in [2.75, 3.05) is 0 Å². The van der Waals surface area contributed by atoms with Crippen LogP contribution in [-0.4, -0.2) is 15.9 Å². The Kier molecular flexibility index (Phi) is 7.02. The van der Waals surface area contributed by atoms with Crippen molar-refractivity contribution in [1.82, 2.24) is 9.66 Å². The van der Waals surface area contributed by atoms with Gasteiger partial charge in [0.15, 0.2) is 0 Å². The minimum Gasteiger partial charge on any atom is -0.488 e. The van der Waals surface area contributed by atoms with Crippen LogP contribution in [0.25, 0.3) is 10.9 Å². The van der Waals surface area contributed by atoms with E-state index in [-0.39, 0.29) is 5.56 Å². The van der Waals surface area contributed by atoms with Crippen LogP contribution in [-0.2, 0) is 13.0 Å². The lowest BCUT2D eigenvalue weighted by Crippen LogP contribution is -2.22. The first-order valence-corrected chi connectivity index (χ1v) is 11.4. The van der Waals surface area contributed by atoms with Crippen molar-refractivity contribution in [2.45, 2.75) is 26.4 Å². The molecule has 1 heterocycles. The second kappa shape index (κ2) is 10.1. The molecular weight excluding hydrogens is 490 g/mol. The van der Waals surface area contributed by atoms with Crippen LogP contribution >= 0.6 is 27.5 Å². The quantitative estimate of drug-likeness (QED) is 0.277. The van der Waals surface area contributed by atoms with Gasteiger partial charge in [0.2, 0.25) is 0 Å². The molecule has 4 aromatic rings. The second-order valence-corrected chi connectivity index (χ2v) is 8.54. The van der Waals surface area contributed by atoms with Crippen LogP contribution in [0.2, 0.25) is 5.02 Å². The third-order valence-corrected chi connectivity index (χ3v) is 5.78. The van der Waals surface area contributed by atoms with Crippen LogP contribution in [0.4, 0.5) is 0 Å². The molecule has 0 saturated carbocycles. The summed E-state index contributed by atoms with van der Waals surface area (Å²) >= 11 is 9.67. The number of benzene rings is 3. The van der Waals surface area contributed by atoms with Gasteiger partial charge in [-0.05, 0) is 42.8 Å². The predicted octanol–water partition coefficient (Wildman–Crippen LogP) is 6.23. The third-order valence-electron chi connectivity index (χ3n) is 4.92. The van der Waals surface area contributed by atoms with Gasteiger partial charge >= 0.3 is 0 Å². The smallest absolute Gasteiger partial charge is 0.282 e. The number of nitrogens with zero attached hydrogens (tertiary/aromatic N) is 3. The Hall–Kier alpha value is -2.96. The van der Waals surface area contributed by atoms with Crippen molar-refractivity contribution in [3.8, 4) is 5.75 Å². The molecule has 0 N–H and O–H groups in total. The molecule has 4 rings (SSSR count). The van der Waals surface area contributed by atoms with Gasteiger partial charge in [0.1, 0.15) is 18.2 Å². The maximum Gasteiger partial charge on any atom is 0.282 e. The molecule has 0 radical (unpaired) electrons. The maximum absolute atomic E-state index is 13.2. The Morgan fingerprint density at radius 1 is 1.12 bits per heavy atom. The van der Waals surface area contributed by atoms with Crippen LogP contribution in [0.3, 0.4) is 0 Å².